The summed E-state index contributed by atoms with van der Waals surface area (Å²) < 4.78 is 60.7. The Kier molecular flexibility index (Phi) is 10.9. The van der Waals surface area contributed by atoms with Gasteiger partial charge in [0.1, 0.15) is 34.9 Å². The van der Waals surface area contributed by atoms with E-state index in [1.807, 2.05) is 116 Å². The minimum absolute atomic E-state index is 0.359. The second-order valence-corrected chi connectivity index (χ2v) is 16.1. The lowest BCUT2D eigenvalue weighted by molar-refractivity contribution is 0.627. The predicted molar refractivity (Wildman–Crippen MR) is 260 cm³/mol. The maximum atomic E-state index is 14.1. The van der Waals surface area contributed by atoms with Crippen LogP contribution in [0.1, 0.15) is 0 Å². The van der Waals surface area contributed by atoms with Gasteiger partial charge in [-0.3, -0.25) is 9.13 Å². The van der Waals surface area contributed by atoms with Crippen LogP contribution in [-0.2, 0) is 0 Å². The highest BCUT2D eigenvalue weighted by Crippen LogP contribution is 2.38. The fourth-order valence-electron chi connectivity index (χ4n) is 8.43. The van der Waals surface area contributed by atoms with Crippen molar-refractivity contribution in [3.63, 3.8) is 0 Å². The monoisotopic (exact) mass is 892 g/mol. The molecule has 68 heavy (non-hydrogen) atoms. The predicted octanol–water partition coefficient (Wildman–Crippen LogP) is 14.7. The van der Waals surface area contributed by atoms with Gasteiger partial charge in [0.2, 0.25) is 0 Å². The van der Waals surface area contributed by atoms with Crippen LogP contribution in [0.4, 0.5) is 17.6 Å². The normalized spacial score (nSPS) is 11.2. The van der Waals surface area contributed by atoms with Crippen molar-refractivity contribution in [3.05, 3.63) is 242 Å². The smallest absolute Gasteiger partial charge is 0.145 e. The Morgan fingerprint density at radius 2 is 0.588 bits per heavy atom. The molecule has 0 radical (unpaired) electrons. The van der Waals surface area contributed by atoms with Crippen molar-refractivity contribution in [1.29, 1.82) is 0 Å². The Balaban J connectivity index is 1.07. The molecule has 0 aliphatic carbocycles. The highest BCUT2D eigenvalue weighted by atomic mass is 19.1. The van der Waals surface area contributed by atoms with E-state index in [1.54, 1.807) is 48.5 Å². The summed E-state index contributed by atoms with van der Waals surface area (Å²) in [5.74, 6) is -0.168. The van der Waals surface area contributed by atoms with Crippen molar-refractivity contribution < 1.29 is 17.6 Å². The molecule has 0 aliphatic heterocycles. The van der Waals surface area contributed by atoms with Gasteiger partial charge in [-0.15, -0.1) is 0 Å². The number of hydrogen-bond acceptors (Lipinski definition) is 4. The van der Waals surface area contributed by atoms with E-state index >= 15 is 0 Å². The molecular formula is C58H36F4N6. The molecule has 6 nitrogen and oxygen atoms in total. The highest BCUT2D eigenvalue weighted by molar-refractivity contribution is 5.81. The van der Waals surface area contributed by atoms with Gasteiger partial charge in [0.15, 0.2) is 0 Å². The van der Waals surface area contributed by atoms with Crippen LogP contribution in [0.2, 0.25) is 0 Å². The molecule has 0 fully saturated rings. The maximum Gasteiger partial charge on any atom is 0.145 e. The van der Waals surface area contributed by atoms with Crippen LogP contribution in [0.15, 0.2) is 219 Å². The first-order valence-electron chi connectivity index (χ1n) is 21.8. The fourth-order valence-corrected chi connectivity index (χ4v) is 8.43. The number of para-hydroxylation sites is 2. The largest absolute Gasteiger partial charge is 0.292 e. The lowest BCUT2D eigenvalue weighted by atomic mass is 10.0. The number of aromatic nitrogens is 6. The summed E-state index contributed by atoms with van der Waals surface area (Å²) in [6.45, 7) is 0. The number of hydrogen-bond donors (Lipinski definition) is 0. The van der Waals surface area contributed by atoms with Gasteiger partial charge in [-0.2, -0.15) is 0 Å². The van der Waals surface area contributed by atoms with Gasteiger partial charge >= 0.3 is 0 Å². The fraction of sp³-hybridized carbons (Fsp3) is 0. The molecular weight excluding hydrogens is 857 g/mol. The van der Waals surface area contributed by atoms with E-state index in [2.05, 4.69) is 15.2 Å². The van der Waals surface area contributed by atoms with Crippen LogP contribution >= 0.6 is 0 Å². The van der Waals surface area contributed by atoms with Crippen molar-refractivity contribution in [2.24, 2.45) is 0 Å². The zero-order chi connectivity index (χ0) is 46.1. The average molecular weight is 893 g/mol. The van der Waals surface area contributed by atoms with Crippen molar-refractivity contribution in [1.82, 2.24) is 29.1 Å². The van der Waals surface area contributed by atoms with Crippen LogP contribution in [0.5, 0.6) is 0 Å². The van der Waals surface area contributed by atoms with E-state index in [1.165, 1.54) is 48.5 Å². The number of rotatable bonds is 10. The molecule has 0 saturated carbocycles. The zero-order valence-corrected chi connectivity index (χ0v) is 36.0. The summed E-state index contributed by atoms with van der Waals surface area (Å²) in [7, 11) is 0. The van der Waals surface area contributed by atoms with Crippen LogP contribution < -0.4 is 0 Å². The van der Waals surface area contributed by atoms with Crippen molar-refractivity contribution in [3.8, 4) is 102 Å². The maximum absolute atomic E-state index is 14.1. The van der Waals surface area contributed by atoms with E-state index in [0.717, 1.165) is 45.0 Å². The van der Waals surface area contributed by atoms with Crippen LogP contribution in [0, 0.1) is 23.3 Å². The molecule has 0 bridgehead atoms. The van der Waals surface area contributed by atoms with Gasteiger partial charge in [0.05, 0.1) is 46.6 Å². The summed E-state index contributed by atoms with van der Waals surface area (Å²) in [6, 6.07) is 60.5. The minimum Gasteiger partial charge on any atom is -0.292 e. The second kappa shape index (κ2) is 17.8. The topological polar surface area (TPSA) is 61.4 Å². The van der Waals surface area contributed by atoms with Gasteiger partial charge < -0.3 is 0 Å². The molecule has 0 aliphatic rings. The summed E-state index contributed by atoms with van der Waals surface area (Å²) in [5.41, 5.74) is 11.8. The third-order valence-electron chi connectivity index (χ3n) is 11.7. The summed E-state index contributed by atoms with van der Waals surface area (Å²) in [5, 5.41) is 0. The van der Waals surface area contributed by atoms with Crippen LogP contribution in [-0.4, -0.2) is 29.1 Å². The van der Waals surface area contributed by atoms with Crippen molar-refractivity contribution >= 4 is 0 Å². The lowest BCUT2D eigenvalue weighted by Gasteiger charge is -2.16. The quantitative estimate of drug-likeness (QED) is 0.128. The molecule has 326 valence electrons. The number of benzene rings is 7. The molecule has 4 heterocycles. The van der Waals surface area contributed by atoms with Crippen molar-refractivity contribution in [2.45, 2.75) is 0 Å². The molecule has 0 saturated heterocycles. The average Bonchev–Trinajstić information content (AvgIpc) is 4.04. The van der Waals surface area contributed by atoms with Crippen LogP contribution in [0.25, 0.3) is 102 Å². The molecule has 0 N–H and O–H groups in total. The van der Waals surface area contributed by atoms with E-state index < -0.39 is 0 Å². The first-order chi connectivity index (χ1) is 33.3. The first-order valence-corrected chi connectivity index (χ1v) is 21.8. The van der Waals surface area contributed by atoms with Crippen molar-refractivity contribution in [2.75, 3.05) is 0 Å². The Morgan fingerprint density at radius 3 is 0.897 bits per heavy atom. The van der Waals surface area contributed by atoms with E-state index in [0.29, 0.717) is 56.7 Å². The lowest BCUT2D eigenvalue weighted by Crippen LogP contribution is -2.02. The number of pyridine rings is 2. The molecule has 11 rings (SSSR count). The highest BCUT2D eigenvalue weighted by Gasteiger charge is 2.22. The van der Waals surface area contributed by atoms with Gasteiger partial charge in [-0.05, 0) is 152 Å². The summed E-state index contributed by atoms with van der Waals surface area (Å²) >= 11 is 0. The first kappa shape index (κ1) is 41.7. The Morgan fingerprint density at radius 1 is 0.279 bits per heavy atom. The molecule has 7 aromatic carbocycles. The summed E-state index contributed by atoms with van der Waals surface area (Å²) in [4.78, 5) is 20.1. The van der Waals surface area contributed by atoms with Gasteiger partial charge in [-0.1, -0.05) is 54.6 Å². The molecule has 4 aromatic heterocycles. The number of nitrogens with zero attached hydrogens (tertiary/aromatic N) is 6. The Labute approximate surface area is 388 Å². The third kappa shape index (κ3) is 8.27. The Hall–Kier alpha value is -9.02. The Bertz CT molecular complexity index is 3210. The summed E-state index contributed by atoms with van der Waals surface area (Å²) in [6.07, 6.45) is 3.70. The standard InChI is InChI=1S/C58H36F4N6/c59-45-22-14-37(15-23-45)51-31-43(32-52(65-51)38-16-24-46(60)25-17-38)57-63-35-55(67(57)49-10-3-1-4-11-49)41-8-7-9-42(30-41)56-36-64-58(68(56)50-12-5-2-6-13-50)44-33-53(39-18-26-47(61)27-19-39)66-54(34-44)40-20-28-48(62)29-21-40/h1-36H. The molecule has 0 atom stereocenters. The second-order valence-electron chi connectivity index (χ2n) is 16.1. The minimum atomic E-state index is -0.359. The molecule has 0 amide bonds. The van der Waals surface area contributed by atoms with Crippen LogP contribution in [0.3, 0.4) is 0 Å². The SMILES string of the molecule is Fc1ccc(-c2cc(-c3ncc(-c4cccc(-c5cnc(-c6cc(-c7ccc(F)cc7)nc(-c7ccc(F)cc7)c6)n5-c5ccccc5)c4)n3-c3ccccc3)cc(-c3ccc(F)cc3)n2)cc1. The molecule has 10 heteroatoms. The number of halogens is 4. The number of imidazole rings is 2. The van der Waals surface area contributed by atoms with E-state index in [-0.39, 0.29) is 23.3 Å². The molecule has 0 unspecified atom stereocenters. The molecule has 0 spiro atoms. The molecule has 11 aromatic rings. The van der Waals surface area contributed by atoms with E-state index in [9.17, 15) is 17.6 Å². The van der Waals surface area contributed by atoms with Gasteiger partial charge in [0.25, 0.3) is 0 Å². The zero-order valence-electron chi connectivity index (χ0n) is 36.0. The third-order valence-corrected chi connectivity index (χ3v) is 11.7. The van der Waals surface area contributed by atoms with Gasteiger partial charge in [-0.25, -0.2) is 37.5 Å². The van der Waals surface area contributed by atoms with Gasteiger partial charge in [0, 0.05) is 55.9 Å². The van der Waals surface area contributed by atoms with E-state index in [4.69, 9.17) is 19.9 Å².